The number of rotatable bonds is 4. The van der Waals surface area contributed by atoms with E-state index in [1.807, 2.05) is 0 Å². The van der Waals surface area contributed by atoms with Gasteiger partial charge in [-0.1, -0.05) is 0 Å². The van der Waals surface area contributed by atoms with Crippen LogP contribution in [0.5, 0.6) is 0 Å². The molecule has 2 N–H and O–H groups in total. The Morgan fingerprint density at radius 3 is 3.15 bits per heavy atom. The van der Waals surface area contributed by atoms with Gasteiger partial charge in [0.2, 0.25) is 0 Å². The molecule has 9 heteroatoms. The van der Waals surface area contributed by atoms with E-state index in [4.69, 9.17) is 15.2 Å². The maximum Gasteiger partial charge on any atom is 0.508 e. The van der Waals surface area contributed by atoms with Gasteiger partial charge in [-0.3, -0.25) is 4.57 Å². The number of anilines is 1. The summed E-state index contributed by atoms with van der Waals surface area (Å²) in [5.41, 5.74) is 4.61. The summed E-state index contributed by atoms with van der Waals surface area (Å²) in [5.74, 6) is 0.724. The number of nitrogens with zero attached hydrogens (tertiary/aromatic N) is 2. The van der Waals surface area contributed by atoms with Gasteiger partial charge in [0.25, 0.3) is 0 Å². The largest absolute Gasteiger partial charge is 0.508 e. The molecule has 1 saturated heterocycles. The van der Waals surface area contributed by atoms with Crippen LogP contribution in [0.2, 0.25) is 0 Å². The second-order valence-electron chi connectivity index (χ2n) is 3.89. The summed E-state index contributed by atoms with van der Waals surface area (Å²) in [6.45, 7) is 2.02. The highest BCUT2D eigenvalue weighted by Gasteiger charge is 2.29. The Morgan fingerprint density at radius 1 is 1.65 bits per heavy atom. The molecule has 20 heavy (non-hydrogen) atoms. The van der Waals surface area contributed by atoms with Crippen molar-refractivity contribution in [2.24, 2.45) is 0 Å². The van der Waals surface area contributed by atoms with Crippen LogP contribution in [0.15, 0.2) is 17.1 Å². The van der Waals surface area contributed by atoms with Crippen LogP contribution < -0.4 is 11.4 Å². The van der Waals surface area contributed by atoms with E-state index in [0.29, 0.717) is 5.75 Å². The summed E-state index contributed by atoms with van der Waals surface area (Å²) in [7, 11) is 0. The molecule has 2 atom stereocenters. The number of carbonyl (C=O) groups excluding carboxylic acids is 1. The molecule has 0 saturated carbocycles. The molecule has 2 rings (SSSR count). The van der Waals surface area contributed by atoms with E-state index in [0.717, 1.165) is 0 Å². The zero-order chi connectivity index (χ0) is 14.5. The molecule has 0 amide bonds. The zero-order valence-corrected chi connectivity index (χ0v) is 11.7. The summed E-state index contributed by atoms with van der Waals surface area (Å²) in [5, 5.41) is 0. The summed E-state index contributed by atoms with van der Waals surface area (Å²) in [6, 6.07) is 1.53. The van der Waals surface area contributed by atoms with Gasteiger partial charge in [-0.05, 0) is 13.0 Å². The number of aromatic nitrogens is 2. The number of carbonyl (C=O) groups is 1. The van der Waals surface area contributed by atoms with Crippen LogP contribution in [-0.4, -0.2) is 40.1 Å². The van der Waals surface area contributed by atoms with Gasteiger partial charge < -0.3 is 19.9 Å². The molecule has 8 nitrogen and oxygen atoms in total. The number of nitrogens with two attached hydrogens (primary N) is 1. The van der Waals surface area contributed by atoms with Gasteiger partial charge in [0, 0.05) is 11.9 Å². The topological polar surface area (TPSA) is 106 Å². The van der Waals surface area contributed by atoms with Crippen LogP contribution in [0.25, 0.3) is 0 Å². The Balaban J connectivity index is 1.89. The molecule has 0 aromatic carbocycles. The monoisotopic (exact) mass is 301 g/mol. The Labute approximate surface area is 119 Å². The number of ether oxygens (including phenoxy) is 3. The van der Waals surface area contributed by atoms with E-state index in [1.165, 1.54) is 28.6 Å². The van der Waals surface area contributed by atoms with Crippen LogP contribution in [0.4, 0.5) is 10.6 Å². The Bertz CT molecular complexity index is 535. The van der Waals surface area contributed by atoms with Gasteiger partial charge in [0.1, 0.15) is 24.1 Å². The molecule has 110 valence electrons. The smallest absolute Gasteiger partial charge is 0.435 e. The van der Waals surface area contributed by atoms with Crippen molar-refractivity contribution < 1.29 is 19.0 Å². The fourth-order valence-corrected chi connectivity index (χ4v) is 2.61. The van der Waals surface area contributed by atoms with Gasteiger partial charge in [0.15, 0.2) is 0 Å². The van der Waals surface area contributed by atoms with E-state index >= 15 is 0 Å². The third kappa shape index (κ3) is 3.64. The highest BCUT2D eigenvalue weighted by molar-refractivity contribution is 8.00. The average molecular weight is 301 g/mol. The van der Waals surface area contributed by atoms with Crippen molar-refractivity contribution in [3.05, 3.63) is 22.7 Å². The quantitative estimate of drug-likeness (QED) is 0.805. The Morgan fingerprint density at radius 2 is 2.45 bits per heavy atom. The first kappa shape index (κ1) is 14.7. The van der Waals surface area contributed by atoms with Crippen LogP contribution >= 0.6 is 11.8 Å². The lowest BCUT2D eigenvalue weighted by Gasteiger charge is -2.14. The maximum atomic E-state index is 11.7. The number of hydrogen-bond donors (Lipinski definition) is 1. The normalized spacial score (nSPS) is 21.6. The van der Waals surface area contributed by atoms with Crippen LogP contribution in [0.3, 0.4) is 0 Å². The standard InChI is InChI=1S/C11H15N3O5S/c1-2-17-11(16)18-5-9-19-8(6-20-9)14-4-3-7(12)13-10(14)15/h3-4,8-9H,2,5-6H2,1H3,(H2,12,13,15)/t8-,9+/m1/s1. The van der Waals surface area contributed by atoms with Crippen molar-refractivity contribution in [1.29, 1.82) is 0 Å². The van der Waals surface area contributed by atoms with Crippen molar-refractivity contribution in [3.8, 4) is 0 Å². The summed E-state index contributed by atoms with van der Waals surface area (Å²) < 4.78 is 16.5. The van der Waals surface area contributed by atoms with Gasteiger partial charge >= 0.3 is 11.8 Å². The van der Waals surface area contributed by atoms with Gasteiger partial charge in [0.05, 0.1) is 6.61 Å². The lowest BCUT2D eigenvalue weighted by Crippen LogP contribution is -2.29. The lowest BCUT2D eigenvalue weighted by molar-refractivity contribution is -0.0230. The van der Waals surface area contributed by atoms with E-state index in [1.54, 1.807) is 6.92 Å². The fourth-order valence-electron chi connectivity index (χ4n) is 1.62. The molecule has 1 fully saturated rings. The highest BCUT2D eigenvalue weighted by atomic mass is 32.2. The van der Waals surface area contributed by atoms with Crippen molar-refractivity contribution in [2.75, 3.05) is 24.7 Å². The maximum absolute atomic E-state index is 11.7. The average Bonchev–Trinajstić information content (AvgIpc) is 2.85. The summed E-state index contributed by atoms with van der Waals surface area (Å²) in [4.78, 5) is 26.3. The Hall–Kier alpha value is -1.74. The SMILES string of the molecule is CCOC(=O)OC[C@H]1O[C@@H](n2ccc(N)nc2=O)CS1. The molecule has 0 unspecified atom stereocenters. The van der Waals surface area contributed by atoms with E-state index < -0.39 is 18.1 Å². The summed E-state index contributed by atoms with van der Waals surface area (Å²) in [6.07, 6.45) is 0.354. The van der Waals surface area contributed by atoms with Crippen molar-refractivity contribution in [3.63, 3.8) is 0 Å². The Kier molecular flexibility index (Phi) is 4.85. The number of thioether (sulfide) groups is 1. The molecule has 0 spiro atoms. The molecule has 0 radical (unpaired) electrons. The highest BCUT2D eigenvalue weighted by Crippen LogP contribution is 2.31. The first-order valence-corrected chi connectivity index (χ1v) is 7.06. The van der Waals surface area contributed by atoms with Crippen molar-refractivity contribution >= 4 is 23.7 Å². The molecule has 1 aromatic heterocycles. The van der Waals surface area contributed by atoms with Crippen LogP contribution in [-0.2, 0) is 14.2 Å². The first-order chi connectivity index (χ1) is 9.60. The third-order valence-corrected chi connectivity index (χ3v) is 3.59. The molecule has 1 aromatic rings. The second kappa shape index (κ2) is 6.62. The summed E-state index contributed by atoms with van der Waals surface area (Å²) >= 11 is 1.44. The molecule has 1 aliphatic rings. The molecule has 1 aliphatic heterocycles. The lowest BCUT2D eigenvalue weighted by atomic mass is 10.5. The third-order valence-electron chi connectivity index (χ3n) is 2.49. The second-order valence-corrected chi connectivity index (χ2v) is 5.08. The van der Waals surface area contributed by atoms with E-state index in [2.05, 4.69) is 9.72 Å². The minimum absolute atomic E-state index is 0.0666. The van der Waals surface area contributed by atoms with E-state index in [-0.39, 0.29) is 24.5 Å². The minimum atomic E-state index is -0.730. The molecule has 2 heterocycles. The molecule has 0 aliphatic carbocycles. The van der Waals surface area contributed by atoms with Crippen molar-refractivity contribution in [1.82, 2.24) is 9.55 Å². The number of hydrogen-bond acceptors (Lipinski definition) is 8. The van der Waals surface area contributed by atoms with Crippen LogP contribution in [0.1, 0.15) is 13.2 Å². The molecule has 0 bridgehead atoms. The van der Waals surface area contributed by atoms with Crippen LogP contribution in [0, 0.1) is 0 Å². The van der Waals surface area contributed by atoms with Gasteiger partial charge in [-0.25, -0.2) is 9.59 Å². The fraction of sp³-hybridized carbons (Fsp3) is 0.545. The minimum Gasteiger partial charge on any atom is -0.435 e. The van der Waals surface area contributed by atoms with Gasteiger partial charge in [-0.2, -0.15) is 4.98 Å². The van der Waals surface area contributed by atoms with Gasteiger partial charge in [-0.15, -0.1) is 11.8 Å². The van der Waals surface area contributed by atoms with Crippen molar-refractivity contribution in [2.45, 2.75) is 18.6 Å². The predicted octanol–water partition coefficient (Wildman–Crippen LogP) is 0.587. The zero-order valence-electron chi connectivity index (χ0n) is 10.9. The predicted molar refractivity (Wildman–Crippen MR) is 72.3 cm³/mol. The first-order valence-electron chi connectivity index (χ1n) is 6.01. The molecular weight excluding hydrogens is 286 g/mol. The van der Waals surface area contributed by atoms with E-state index in [9.17, 15) is 9.59 Å². The molecular formula is C11H15N3O5S. The number of nitrogen functional groups attached to an aromatic ring is 1.